The van der Waals surface area contributed by atoms with Crippen LogP contribution in [-0.4, -0.2) is 29.2 Å². The molecule has 0 aromatic heterocycles. The first-order valence-electron chi connectivity index (χ1n) is 16.6. The number of rotatable bonds is 16. The summed E-state index contributed by atoms with van der Waals surface area (Å²) in [7, 11) is 3.99. The fourth-order valence-electron chi connectivity index (χ4n) is 6.46. The van der Waals surface area contributed by atoms with Gasteiger partial charge in [0.25, 0.3) is 0 Å². The van der Waals surface area contributed by atoms with E-state index in [1.54, 1.807) is 0 Å². The number of anilines is 1. The van der Waals surface area contributed by atoms with Crippen LogP contribution < -0.4 is 15.4 Å². The second-order valence-electron chi connectivity index (χ2n) is 14.0. The van der Waals surface area contributed by atoms with Gasteiger partial charge in [-0.1, -0.05) is 87.8 Å². The number of hydrogen-bond donors (Lipinski definition) is 2. The Morgan fingerprint density at radius 3 is 2.29 bits per heavy atom. The summed E-state index contributed by atoms with van der Waals surface area (Å²) >= 11 is 0. The smallest absolute Gasteiger partial charge is 0.319 e. The molecule has 4 nitrogen and oxygen atoms in total. The van der Waals surface area contributed by atoms with Gasteiger partial charge in [0.2, 0.25) is 0 Å². The lowest BCUT2D eigenvalue weighted by atomic mass is 9.82. The lowest BCUT2D eigenvalue weighted by Crippen LogP contribution is -2.37. The van der Waals surface area contributed by atoms with E-state index in [9.17, 15) is 4.79 Å². The molecule has 0 saturated carbocycles. The molecule has 0 unspecified atom stereocenters. The van der Waals surface area contributed by atoms with E-state index in [-0.39, 0.29) is 11.6 Å². The first-order valence-corrected chi connectivity index (χ1v) is 19.0. The number of nitrogens with one attached hydrogen (secondary N) is 2. The van der Waals surface area contributed by atoms with Gasteiger partial charge in [-0.2, -0.15) is 0 Å². The van der Waals surface area contributed by atoms with E-state index >= 15 is 0 Å². The molecule has 1 aromatic carbocycles. The molecule has 2 N–H and O–H groups in total. The molecule has 0 spiro atoms. The Morgan fingerprint density at radius 1 is 0.951 bits per heavy atom. The highest BCUT2D eigenvalue weighted by molar-refractivity contribution is 8.77. The minimum atomic E-state index is -0.114. The Hall–Kier alpha value is -1.01. The largest absolute Gasteiger partial charge is 0.487 e. The number of carbonyl (C=O) groups excluding carboxylic acids is 1. The molecular weight excluding hydrogens is 545 g/mol. The summed E-state index contributed by atoms with van der Waals surface area (Å²) in [6, 6.07) is -0.0931. The van der Waals surface area contributed by atoms with Gasteiger partial charge in [0.15, 0.2) is 0 Å². The molecule has 1 saturated heterocycles. The van der Waals surface area contributed by atoms with Gasteiger partial charge >= 0.3 is 6.03 Å². The second-order valence-corrected chi connectivity index (χ2v) is 16.8. The van der Waals surface area contributed by atoms with E-state index < -0.39 is 0 Å². The van der Waals surface area contributed by atoms with Crippen molar-refractivity contribution < 1.29 is 9.53 Å². The van der Waals surface area contributed by atoms with Crippen LogP contribution in [-0.2, 0) is 6.42 Å². The third kappa shape index (κ3) is 10.9. The van der Waals surface area contributed by atoms with Crippen LogP contribution in [0.5, 0.6) is 5.75 Å². The average Bonchev–Trinajstić information content (AvgIpc) is 3.45. The number of amides is 2. The summed E-state index contributed by atoms with van der Waals surface area (Å²) in [5.41, 5.74) is 5.57. The summed E-state index contributed by atoms with van der Waals surface area (Å²) in [6.45, 7) is 19.0. The maximum absolute atomic E-state index is 12.8. The Morgan fingerprint density at radius 2 is 1.63 bits per heavy atom. The van der Waals surface area contributed by atoms with Crippen molar-refractivity contribution in [3.05, 3.63) is 22.3 Å². The molecular formula is C35H60N2O2S2. The standard InChI is InChI=1S/C35H60N2O2S2/c1-24(2)12-9-13-25(3)14-10-15-26(4)17-20-35(8)21-18-31-29(7)32(27(5)28(6)33(31)39-35)37-34(38)36-22-11-16-30-19-23-40-41-30/h24-26,30H,9-23H2,1-8H3,(H2,36,37,38)/t25-,26-,30-,35-/m1/s1. The molecule has 3 rings (SSSR count). The minimum Gasteiger partial charge on any atom is -0.487 e. The number of hydrogen-bond acceptors (Lipinski definition) is 4. The van der Waals surface area contributed by atoms with Crippen molar-refractivity contribution >= 4 is 33.3 Å². The molecule has 2 aliphatic rings. The van der Waals surface area contributed by atoms with Gasteiger partial charge in [0, 0.05) is 23.2 Å². The van der Waals surface area contributed by atoms with Gasteiger partial charge < -0.3 is 15.4 Å². The quantitative estimate of drug-likeness (QED) is 0.146. The van der Waals surface area contributed by atoms with Crippen LogP contribution in [0.4, 0.5) is 10.5 Å². The Balaban J connectivity index is 1.47. The number of ether oxygens (including phenoxy) is 1. The molecule has 4 atom stereocenters. The number of urea groups is 1. The Kier molecular flexibility index (Phi) is 14.1. The van der Waals surface area contributed by atoms with Crippen LogP contribution in [0.25, 0.3) is 0 Å². The monoisotopic (exact) mass is 604 g/mol. The molecule has 2 amide bonds. The van der Waals surface area contributed by atoms with Gasteiger partial charge in [-0.05, 0) is 113 Å². The molecule has 234 valence electrons. The highest BCUT2D eigenvalue weighted by Gasteiger charge is 2.34. The van der Waals surface area contributed by atoms with E-state index in [4.69, 9.17) is 4.74 Å². The summed E-state index contributed by atoms with van der Waals surface area (Å²) < 4.78 is 6.82. The molecule has 6 heteroatoms. The van der Waals surface area contributed by atoms with Crippen molar-refractivity contribution in [3.8, 4) is 5.75 Å². The third-order valence-electron chi connectivity index (χ3n) is 9.62. The Labute approximate surface area is 260 Å². The van der Waals surface area contributed by atoms with Crippen LogP contribution in [0.1, 0.15) is 134 Å². The first-order chi connectivity index (χ1) is 19.5. The summed E-state index contributed by atoms with van der Waals surface area (Å²) in [6.07, 6.45) is 16.1. The van der Waals surface area contributed by atoms with E-state index in [0.29, 0.717) is 0 Å². The van der Waals surface area contributed by atoms with Gasteiger partial charge in [0.05, 0.1) is 0 Å². The number of carbonyl (C=O) groups is 1. The zero-order chi connectivity index (χ0) is 30.0. The molecule has 41 heavy (non-hydrogen) atoms. The highest BCUT2D eigenvalue weighted by Crippen LogP contribution is 2.44. The molecule has 2 aliphatic heterocycles. The fourth-order valence-corrected chi connectivity index (χ4v) is 9.49. The zero-order valence-electron chi connectivity index (χ0n) is 27.5. The van der Waals surface area contributed by atoms with Crippen LogP contribution in [0.15, 0.2) is 0 Å². The molecule has 0 radical (unpaired) electrons. The van der Waals surface area contributed by atoms with Gasteiger partial charge in [-0.15, -0.1) is 0 Å². The predicted octanol–water partition coefficient (Wildman–Crippen LogP) is 10.8. The van der Waals surface area contributed by atoms with Gasteiger partial charge in [-0.3, -0.25) is 0 Å². The second kappa shape index (κ2) is 16.7. The van der Waals surface area contributed by atoms with Crippen molar-refractivity contribution in [1.82, 2.24) is 5.32 Å². The molecule has 0 bridgehead atoms. The normalized spacial score (nSPS) is 21.8. The summed E-state index contributed by atoms with van der Waals surface area (Å²) in [4.78, 5) is 12.8. The van der Waals surface area contributed by atoms with Crippen molar-refractivity contribution in [3.63, 3.8) is 0 Å². The average molecular weight is 605 g/mol. The van der Waals surface area contributed by atoms with Crippen molar-refractivity contribution in [1.29, 1.82) is 0 Å². The van der Waals surface area contributed by atoms with Crippen LogP contribution in [0.2, 0.25) is 0 Å². The topological polar surface area (TPSA) is 50.4 Å². The maximum atomic E-state index is 12.8. The van der Waals surface area contributed by atoms with Crippen LogP contribution >= 0.6 is 21.6 Å². The van der Waals surface area contributed by atoms with Crippen LogP contribution in [0.3, 0.4) is 0 Å². The number of fused-ring (bicyclic) bond motifs is 1. The van der Waals surface area contributed by atoms with Crippen molar-refractivity contribution in [2.24, 2.45) is 17.8 Å². The summed E-state index contributed by atoms with van der Waals surface area (Å²) in [5.74, 6) is 4.76. The lowest BCUT2D eigenvalue weighted by Gasteiger charge is -2.39. The third-order valence-corrected chi connectivity index (χ3v) is 12.6. The molecule has 0 aliphatic carbocycles. The highest BCUT2D eigenvalue weighted by atomic mass is 33.1. The minimum absolute atomic E-state index is 0.0931. The van der Waals surface area contributed by atoms with Gasteiger partial charge in [-0.25, -0.2) is 4.79 Å². The molecule has 1 fully saturated rings. The van der Waals surface area contributed by atoms with E-state index in [1.807, 2.05) is 21.6 Å². The summed E-state index contributed by atoms with van der Waals surface area (Å²) in [5, 5.41) is 7.03. The van der Waals surface area contributed by atoms with Gasteiger partial charge in [0.1, 0.15) is 11.4 Å². The fraction of sp³-hybridized carbons (Fsp3) is 0.800. The number of benzene rings is 1. The Bertz CT molecular complexity index is 976. The lowest BCUT2D eigenvalue weighted by molar-refractivity contribution is 0.0486. The predicted molar refractivity (Wildman–Crippen MR) is 183 cm³/mol. The van der Waals surface area contributed by atoms with Crippen molar-refractivity contribution in [2.75, 3.05) is 17.6 Å². The van der Waals surface area contributed by atoms with E-state index in [1.165, 1.54) is 74.7 Å². The first kappa shape index (κ1) is 34.5. The SMILES string of the molecule is Cc1c(C)c2c(c(C)c1NC(=O)NCCC[C@@H]1CCSS1)CC[C@@](C)(CC[C@H](C)CCC[C@H](C)CCCC(C)C)O2. The molecule has 2 heterocycles. The molecule has 1 aromatic rings. The van der Waals surface area contributed by atoms with E-state index in [0.717, 1.165) is 77.8 Å². The van der Waals surface area contributed by atoms with E-state index in [2.05, 4.69) is 66.0 Å². The van der Waals surface area contributed by atoms with Crippen LogP contribution in [0, 0.1) is 38.5 Å². The maximum Gasteiger partial charge on any atom is 0.319 e. The van der Waals surface area contributed by atoms with Crippen molar-refractivity contribution in [2.45, 2.75) is 150 Å². The zero-order valence-corrected chi connectivity index (χ0v) is 29.2.